The topological polar surface area (TPSA) is 143 Å². The van der Waals surface area contributed by atoms with Gasteiger partial charge in [-0.15, -0.1) is 0 Å². The lowest BCUT2D eigenvalue weighted by atomic mass is 10.0. The van der Waals surface area contributed by atoms with Crippen molar-refractivity contribution in [2.24, 2.45) is 0 Å². The summed E-state index contributed by atoms with van der Waals surface area (Å²) in [5.74, 6) is 1.53. The van der Waals surface area contributed by atoms with Crippen LogP contribution in [0.15, 0.2) is 48.5 Å². The minimum Gasteiger partial charge on any atom is -0.497 e. The molecule has 0 bridgehead atoms. The van der Waals surface area contributed by atoms with Gasteiger partial charge >= 0.3 is 6.09 Å². The van der Waals surface area contributed by atoms with Gasteiger partial charge in [0.2, 0.25) is 11.8 Å². The molecule has 3 amide bonds. The van der Waals surface area contributed by atoms with Crippen LogP contribution in [0.1, 0.15) is 30.4 Å². The van der Waals surface area contributed by atoms with Gasteiger partial charge in [0, 0.05) is 55.4 Å². The average Bonchev–Trinajstić information content (AvgIpc) is 3.64. The van der Waals surface area contributed by atoms with Crippen molar-refractivity contribution in [1.29, 1.82) is 0 Å². The number of carbonyl (C=O) groups excluding carboxylic acids is 3. The number of non-ortho nitro benzene ring substituents is 1. The van der Waals surface area contributed by atoms with Crippen LogP contribution in [-0.2, 0) is 26.7 Å². The van der Waals surface area contributed by atoms with E-state index in [1.54, 1.807) is 7.11 Å². The highest BCUT2D eigenvalue weighted by atomic mass is 32.2. The molecule has 0 aliphatic carbocycles. The number of methoxy groups -OCH3 is 1. The molecule has 2 aromatic rings. The lowest BCUT2D eigenvalue weighted by Crippen LogP contribution is -2.59. The molecule has 5 rings (SSSR count). The van der Waals surface area contributed by atoms with E-state index in [0.29, 0.717) is 43.3 Å². The summed E-state index contributed by atoms with van der Waals surface area (Å²) in [5, 5.41) is 17.5. The molecule has 3 heterocycles. The predicted octanol–water partition coefficient (Wildman–Crippen LogP) is 2.70. The monoisotopic (exact) mass is 597 g/mol. The smallest absolute Gasteiger partial charge is 0.410 e. The van der Waals surface area contributed by atoms with Crippen molar-refractivity contribution >= 4 is 35.4 Å². The third-order valence-electron chi connectivity index (χ3n) is 7.95. The van der Waals surface area contributed by atoms with Gasteiger partial charge in [0.05, 0.1) is 18.1 Å². The van der Waals surface area contributed by atoms with Gasteiger partial charge in [-0.1, -0.05) is 12.1 Å². The Balaban J connectivity index is 1.02. The molecule has 3 fully saturated rings. The summed E-state index contributed by atoms with van der Waals surface area (Å²) >= 11 is 1.84. The summed E-state index contributed by atoms with van der Waals surface area (Å²) in [6, 6.07) is 12.8. The van der Waals surface area contributed by atoms with Crippen LogP contribution in [0.25, 0.3) is 0 Å². The van der Waals surface area contributed by atoms with E-state index in [1.165, 1.54) is 34.7 Å². The van der Waals surface area contributed by atoms with E-state index in [2.05, 4.69) is 22.8 Å². The van der Waals surface area contributed by atoms with E-state index >= 15 is 0 Å². The maximum absolute atomic E-state index is 13.2. The summed E-state index contributed by atoms with van der Waals surface area (Å²) in [7, 11) is 1.65. The molecule has 13 heteroatoms. The number of hydrogen-bond donors (Lipinski definition) is 2. The Bertz CT molecular complexity index is 1290. The van der Waals surface area contributed by atoms with Crippen LogP contribution >= 0.6 is 11.8 Å². The minimum atomic E-state index is -0.612. The molecule has 0 radical (unpaired) electrons. The molecule has 3 saturated heterocycles. The first-order chi connectivity index (χ1) is 20.3. The molecule has 42 heavy (non-hydrogen) atoms. The van der Waals surface area contributed by atoms with Crippen molar-refractivity contribution in [2.75, 3.05) is 33.3 Å². The standard InChI is InChI=1S/C29H35N5O7S/c1-40-23-8-4-20(5-9-23)18-42-24-14-25(30-15-24)28(36)32-12-10-21(16-32)31-27(35)26-11-13-33(26)29(37)41-17-19-2-6-22(7-3-19)34(38)39/h2-9,21,24-26,30H,10-18H2,1H3,(H,31,35)/t21-,24-,25-,26-/m0/s1. The zero-order valence-electron chi connectivity index (χ0n) is 23.4. The van der Waals surface area contributed by atoms with Crippen LogP contribution in [0.3, 0.4) is 0 Å². The Morgan fingerprint density at radius 3 is 2.48 bits per heavy atom. The van der Waals surface area contributed by atoms with E-state index in [9.17, 15) is 24.5 Å². The average molecular weight is 598 g/mol. The number of thioether (sulfide) groups is 1. The Morgan fingerprint density at radius 2 is 1.81 bits per heavy atom. The molecule has 12 nitrogen and oxygen atoms in total. The number of nitrogens with zero attached hydrogens (tertiary/aromatic N) is 3. The third kappa shape index (κ3) is 7.13. The number of benzene rings is 2. The summed E-state index contributed by atoms with van der Waals surface area (Å²) < 4.78 is 10.5. The van der Waals surface area contributed by atoms with E-state index in [0.717, 1.165) is 24.5 Å². The van der Waals surface area contributed by atoms with Gasteiger partial charge in [-0.05, 0) is 54.7 Å². The van der Waals surface area contributed by atoms with Crippen molar-refractivity contribution in [1.82, 2.24) is 20.4 Å². The van der Waals surface area contributed by atoms with E-state index in [1.807, 2.05) is 28.8 Å². The van der Waals surface area contributed by atoms with Crippen LogP contribution < -0.4 is 15.4 Å². The van der Waals surface area contributed by atoms with Crippen molar-refractivity contribution in [2.45, 2.75) is 55.0 Å². The number of rotatable bonds is 10. The lowest BCUT2D eigenvalue weighted by Gasteiger charge is -2.39. The second-order valence-electron chi connectivity index (χ2n) is 10.7. The van der Waals surface area contributed by atoms with Crippen LogP contribution in [0, 0.1) is 10.1 Å². The third-order valence-corrected chi connectivity index (χ3v) is 9.28. The number of amides is 3. The Kier molecular flexibility index (Phi) is 9.48. The number of nitro benzene ring substituents is 1. The molecule has 0 spiro atoms. The maximum Gasteiger partial charge on any atom is 0.410 e. The van der Waals surface area contributed by atoms with Gasteiger partial charge in [0.25, 0.3) is 5.69 Å². The first-order valence-corrected chi connectivity index (χ1v) is 15.1. The SMILES string of the molecule is COc1ccc(CS[C@@H]2CN[C@H](C(=O)N3CC[C@H](NC(=O)[C@@H]4CCN4C(=O)OCc4ccc([N+](=O)[O-])cc4)C3)C2)cc1. The number of likely N-dealkylation sites (tertiary alicyclic amines) is 2. The predicted molar refractivity (Wildman–Crippen MR) is 156 cm³/mol. The molecule has 0 aromatic heterocycles. The Morgan fingerprint density at radius 1 is 1.07 bits per heavy atom. The molecule has 3 aliphatic rings. The van der Waals surface area contributed by atoms with Gasteiger partial charge in [-0.3, -0.25) is 24.6 Å². The summed E-state index contributed by atoms with van der Waals surface area (Å²) in [6.07, 6.45) is 1.37. The molecule has 0 unspecified atom stereocenters. The van der Waals surface area contributed by atoms with Gasteiger partial charge in [-0.2, -0.15) is 11.8 Å². The summed E-state index contributed by atoms with van der Waals surface area (Å²) in [5.41, 5.74) is 1.79. The fourth-order valence-corrected chi connectivity index (χ4v) is 6.53. The highest BCUT2D eigenvalue weighted by molar-refractivity contribution is 7.99. The molecule has 4 atom stereocenters. The van der Waals surface area contributed by atoms with Gasteiger partial charge in [0.1, 0.15) is 18.4 Å². The number of ether oxygens (including phenoxy) is 2. The minimum absolute atomic E-state index is 0.0415. The zero-order chi connectivity index (χ0) is 29.6. The molecular formula is C29H35N5O7S. The quantitative estimate of drug-likeness (QED) is 0.312. The maximum atomic E-state index is 13.2. The highest BCUT2D eigenvalue weighted by Crippen LogP contribution is 2.27. The molecule has 224 valence electrons. The first-order valence-electron chi connectivity index (χ1n) is 14.0. The normalized spacial score (nSPS) is 23.3. The zero-order valence-corrected chi connectivity index (χ0v) is 24.2. The first kappa shape index (κ1) is 29.6. The van der Waals surface area contributed by atoms with Gasteiger partial charge in [-0.25, -0.2) is 4.79 Å². The van der Waals surface area contributed by atoms with Crippen molar-refractivity contribution < 1.29 is 28.8 Å². The largest absolute Gasteiger partial charge is 0.497 e. The number of carbonyl (C=O) groups is 3. The van der Waals surface area contributed by atoms with E-state index in [4.69, 9.17) is 9.47 Å². The van der Waals surface area contributed by atoms with Crippen LogP contribution in [-0.4, -0.2) is 89.3 Å². The van der Waals surface area contributed by atoms with Crippen LogP contribution in [0.2, 0.25) is 0 Å². The van der Waals surface area contributed by atoms with Crippen molar-refractivity contribution in [3.8, 4) is 5.75 Å². The molecular weight excluding hydrogens is 562 g/mol. The molecule has 0 saturated carbocycles. The molecule has 2 aromatic carbocycles. The second-order valence-corrected chi connectivity index (χ2v) is 12.0. The molecule has 3 aliphatic heterocycles. The number of nitro groups is 1. The fraction of sp³-hybridized carbons (Fsp3) is 0.483. The van der Waals surface area contributed by atoms with E-state index in [-0.39, 0.29) is 36.2 Å². The highest BCUT2D eigenvalue weighted by Gasteiger charge is 2.41. The van der Waals surface area contributed by atoms with Gasteiger partial charge < -0.3 is 25.0 Å². The Hall–Kier alpha value is -3.84. The fourth-order valence-electron chi connectivity index (χ4n) is 5.37. The summed E-state index contributed by atoms with van der Waals surface area (Å²) in [4.78, 5) is 52.1. The Labute approximate surface area is 248 Å². The van der Waals surface area contributed by atoms with Crippen molar-refractivity contribution in [3.63, 3.8) is 0 Å². The van der Waals surface area contributed by atoms with Crippen molar-refractivity contribution in [3.05, 3.63) is 69.8 Å². The lowest BCUT2D eigenvalue weighted by molar-refractivity contribution is -0.384. The van der Waals surface area contributed by atoms with Gasteiger partial charge in [0.15, 0.2) is 0 Å². The number of hydrogen-bond acceptors (Lipinski definition) is 9. The van der Waals surface area contributed by atoms with E-state index < -0.39 is 17.1 Å². The second kappa shape index (κ2) is 13.4. The van der Waals surface area contributed by atoms with Crippen LogP contribution in [0.4, 0.5) is 10.5 Å². The summed E-state index contributed by atoms with van der Waals surface area (Å²) in [6.45, 7) is 2.18. The van der Waals surface area contributed by atoms with Crippen LogP contribution in [0.5, 0.6) is 5.75 Å². The molecule has 2 N–H and O–H groups in total. The number of nitrogens with one attached hydrogen (secondary N) is 2.